The van der Waals surface area contributed by atoms with Gasteiger partial charge in [0.25, 0.3) is 0 Å². The van der Waals surface area contributed by atoms with E-state index < -0.39 is 6.10 Å². The zero-order valence-corrected chi connectivity index (χ0v) is 52.8. The molecule has 0 N–H and O–H groups in total. The Labute approximate surface area is 500 Å². The van der Waals surface area contributed by atoms with Gasteiger partial charge in [0, 0.05) is 19.3 Å². The number of unbranched alkanes of at least 4 members (excludes halogenated alkanes) is 27. The molecule has 0 aromatic carbocycles. The predicted molar refractivity (Wildman–Crippen MR) is 353 cm³/mol. The molecule has 0 amide bonds. The fourth-order valence-electron chi connectivity index (χ4n) is 9.08. The zero-order chi connectivity index (χ0) is 58.5. The first kappa shape index (κ1) is 76.5. The van der Waals surface area contributed by atoms with E-state index in [1.165, 1.54) is 141 Å². The van der Waals surface area contributed by atoms with Crippen LogP contribution >= 0.6 is 0 Å². The molecule has 0 rings (SSSR count). The highest BCUT2D eigenvalue weighted by Gasteiger charge is 2.19. The quantitative estimate of drug-likeness (QED) is 0.0261. The van der Waals surface area contributed by atoms with E-state index in [0.29, 0.717) is 19.3 Å². The number of hydrogen-bond acceptors (Lipinski definition) is 6. The van der Waals surface area contributed by atoms with Crippen LogP contribution in [0.2, 0.25) is 0 Å². The Morgan fingerprint density at radius 3 is 0.802 bits per heavy atom. The fraction of sp³-hybridized carbons (Fsp3) is 0.667. The van der Waals surface area contributed by atoms with Crippen LogP contribution in [0.4, 0.5) is 0 Å². The van der Waals surface area contributed by atoms with Crippen LogP contribution in [-0.4, -0.2) is 37.2 Å². The van der Waals surface area contributed by atoms with Gasteiger partial charge in [-0.3, -0.25) is 14.4 Å². The van der Waals surface area contributed by atoms with E-state index in [2.05, 4.69) is 154 Å². The normalized spacial score (nSPS) is 13.0. The molecule has 81 heavy (non-hydrogen) atoms. The highest BCUT2D eigenvalue weighted by atomic mass is 16.6. The lowest BCUT2D eigenvalue weighted by atomic mass is 10.1. The summed E-state index contributed by atoms with van der Waals surface area (Å²) in [5.74, 6) is -0.977. The third-order valence-corrected chi connectivity index (χ3v) is 14.1. The smallest absolute Gasteiger partial charge is 0.306 e. The van der Waals surface area contributed by atoms with Gasteiger partial charge in [0.2, 0.25) is 0 Å². The maximum atomic E-state index is 12.9. The topological polar surface area (TPSA) is 78.9 Å². The number of carbonyl (C=O) groups excluding carboxylic acids is 3. The molecule has 460 valence electrons. The van der Waals surface area contributed by atoms with Crippen LogP contribution < -0.4 is 0 Å². The van der Waals surface area contributed by atoms with Crippen molar-refractivity contribution in [2.45, 2.75) is 309 Å². The average molecular weight is 1120 g/mol. The molecule has 0 aromatic rings. The SMILES string of the molecule is CC/C=C\C/C=C\C/C=C\C/C=C\C/C=C\CCCC(=O)OCC(COC(=O)CCCCCCCCCC/C=C\C/C=C\C/C=C\CCCCCCC)OC(=O)CCCCCCCCCC/C=C\C/C=C\C/C=C\CCCCCCC. The fourth-order valence-corrected chi connectivity index (χ4v) is 9.08. The van der Waals surface area contributed by atoms with E-state index in [1.54, 1.807) is 0 Å². The molecule has 0 aromatic heterocycles. The summed E-state index contributed by atoms with van der Waals surface area (Å²) in [6.45, 7) is 6.46. The van der Waals surface area contributed by atoms with E-state index in [9.17, 15) is 14.4 Å². The van der Waals surface area contributed by atoms with Gasteiger partial charge < -0.3 is 14.2 Å². The van der Waals surface area contributed by atoms with Gasteiger partial charge in [-0.05, 0) is 135 Å². The van der Waals surface area contributed by atoms with E-state index in [-0.39, 0.29) is 37.5 Å². The Morgan fingerprint density at radius 1 is 0.259 bits per heavy atom. The number of allylic oxidation sites excluding steroid dienone is 22. The second-order valence-electron chi connectivity index (χ2n) is 22.0. The van der Waals surface area contributed by atoms with Gasteiger partial charge in [-0.25, -0.2) is 0 Å². The van der Waals surface area contributed by atoms with Crippen molar-refractivity contribution >= 4 is 17.9 Å². The highest BCUT2D eigenvalue weighted by molar-refractivity contribution is 5.71. The summed E-state index contributed by atoms with van der Waals surface area (Å²) in [6, 6.07) is 0. The Balaban J connectivity index is 4.48. The summed E-state index contributed by atoms with van der Waals surface area (Å²) in [7, 11) is 0. The monoisotopic (exact) mass is 1120 g/mol. The third kappa shape index (κ3) is 66.2. The van der Waals surface area contributed by atoms with Crippen molar-refractivity contribution in [3.8, 4) is 0 Å². The van der Waals surface area contributed by atoms with E-state index in [0.717, 1.165) is 116 Å². The molecule has 0 aliphatic carbocycles. The molecule has 0 aliphatic heterocycles. The summed E-state index contributed by atoms with van der Waals surface area (Å²) in [5.41, 5.74) is 0. The van der Waals surface area contributed by atoms with Gasteiger partial charge in [0.05, 0.1) is 0 Å². The summed E-state index contributed by atoms with van der Waals surface area (Å²) in [6.07, 6.45) is 96.0. The third-order valence-electron chi connectivity index (χ3n) is 14.1. The van der Waals surface area contributed by atoms with Crippen LogP contribution in [0.1, 0.15) is 303 Å². The van der Waals surface area contributed by atoms with Crippen molar-refractivity contribution in [2.24, 2.45) is 0 Å². The first-order valence-electron chi connectivity index (χ1n) is 33.7. The minimum absolute atomic E-state index is 0.106. The first-order valence-corrected chi connectivity index (χ1v) is 33.7. The lowest BCUT2D eigenvalue weighted by Crippen LogP contribution is -2.30. The van der Waals surface area contributed by atoms with E-state index in [4.69, 9.17) is 14.2 Å². The number of esters is 3. The van der Waals surface area contributed by atoms with Crippen LogP contribution in [0.3, 0.4) is 0 Å². The molecule has 0 saturated heterocycles. The summed E-state index contributed by atoms with van der Waals surface area (Å²) in [4.78, 5) is 38.4. The lowest BCUT2D eigenvalue weighted by Gasteiger charge is -2.18. The molecule has 0 radical (unpaired) electrons. The van der Waals surface area contributed by atoms with Gasteiger partial charge in [-0.15, -0.1) is 0 Å². The molecule has 1 atom stereocenters. The molecular formula is C75H124O6. The van der Waals surface area contributed by atoms with Crippen LogP contribution in [0.5, 0.6) is 0 Å². The highest BCUT2D eigenvalue weighted by Crippen LogP contribution is 2.15. The van der Waals surface area contributed by atoms with Gasteiger partial charge in [-0.2, -0.15) is 0 Å². The van der Waals surface area contributed by atoms with Gasteiger partial charge in [0.15, 0.2) is 6.10 Å². The minimum atomic E-state index is -0.816. The molecule has 0 fully saturated rings. The Morgan fingerprint density at radius 2 is 0.494 bits per heavy atom. The second kappa shape index (κ2) is 68.1. The molecule has 1 unspecified atom stereocenters. The second-order valence-corrected chi connectivity index (χ2v) is 22.0. The molecule has 6 nitrogen and oxygen atoms in total. The zero-order valence-electron chi connectivity index (χ0n) is 52.8. The largest absolute Gasteiger partial charge is 0.462 e. The lowest BCUT2D eigenvalue weighted by molar-refractivity contribution is -0.167. The number of hydrogen-bond donors (Lipinski definition) is 0. The standard InChI is InChI=1S/C75H124O6/c1-4-7-10-13-16-19-22-25-28-31-33-35-37-39-41-44-47-50-53-56-59-62-65-68-74(77)80-71-72(70-79-73(76)67-64-61-58-55-52-49-46-43-30-27-24-21-18-15-12-9-6-3)81-75(78)69-66-63-60-57-54-51-48-45-42-40-38-36-34-32-29-26-23-20-17-14-11-8-5-2/h9,12,18,21-23,25-27,30-34,37-40,46,49,55,58,72H,4-8,10-11,13-17,19-20,24,28-29,35-36,41-45,47-48,50-54,56-57,59-71H2,1-3H3/b12-9-,21-18-,25-22-,26-23-,30-27-,33-31-,34-32-,39-37-,40-38-,49-46-,58-55-. The average Bonchev–Trinajstić information content (AvgIpc) is 3.47. The summed E-state index contributed by atoms with van der Waals surface area (Å²) < 4.78 is 16.9. The van der Waals surface area contributed by atoms with Gasteiger partial charge >= 0.3 is 17.9 Å². The Hall–Kier alpha value is -4.45. The van der Waals surface area contributed by atoms with Crippen molar-refractivity contribution in [1.29, 1.82) is 0 Å². The molecule has 0 saturated carbocycles. The molecular weight excluding hydrogens is 997 g/mol. The van der Waals surface area contributed by atoms with Crippen LogP contribution in [0, 0.1) is 0 Å². The summed E-state index contributed by atoms with van der Waals surface area (Å²) >= 11 is 0. The van der Waals surface area contributed by atoms with Crippen molar-refractivity contribution in [3.05, 3.63) is 134 Å². The minimum Gasteiger partial charge on any atom is -0.462 e. The van der Waals surface area contributed by atoms with Crippen molar-refractivity contribution in [3.63, 3.8) is 0 Å². The maximum Gasteiger partial charge on any atom is 0.306 e. The number of carbonyl (C=O) groups is 3. The molecule has 0 aliphatic rings. The summed E-state index contributed by atoms with van der Waals surface area (Å²) in [5, 5.41) is 0. The molecule has 0 bridgehead atoms. The Kier molecular flexibility index (Phi) is 64.3. The molecule has 6 heteroatoms. The van der Waals surface area contributed by atoms with Crippen LogP contribution in [0.25, 0.3) is 0 Å². The van der Waals surface area contributed by atoms with Crippen molar-refractivity contribution in [2.75, 3.05) is 13.2 Å². The predicted octanol–water partition coefficient (Wildman–Crippen LogP) is 23.3. The molecule has 0 spiro atoms. The van der Waals surface area contributed by atoms with E-state index in [1.807, 2.05) is 0 Å². The number of ether oxygens (including phenoxy) is 3. The van der Waals surface area contributed by atoms with Crippen LogP contribution in [-0.2, 0) is 28.6 Å². The van der Waals surface area contributed by atoms with Gasteiger partial charge in [-0.1, -0.05) is 283 Å². The maximum absolute atomic E-state index is 12.9. The van der Waals surface area contributed by atoms with Gasteiger partial charge in [0.1, 0.15) is 13.2 Å². The molecule has 0 heterocycles. The number of rotatable bonds is 60. The van der Waals surface area contributed by atoms with Crippen molar-refractivity contribution < 1.29 is 28.6 Å². The first-order chi connectivity index (χ1) is 40.0. The van der Waals surface area contributed by atoms with E-state index >= 15 is 0 Å². The van der Waals surface area contributed by atoms with Crippen LogP contribution in [0.15, 0.2) is 134 Å². The van der Waals surface area contributed by atoms with Crippen molar-refractivity contribution in [1.82, 2.24) is 0 Å². The Bertz CT molecular complexity index is 1720.